The van der Waals surface area contributed by atoms with Crippen molar-refractivity contribution in [2.24, 2.45) is 5.92 Å². The molecule has 2 aliphatic heterocycles. The van der Waals surface area contributed by atoms with Crippen LogP contribution in [0.5, 0.6) is 0 Å². The number of nitrogens with zero attached hydrogens (tertiary/aromatic N) is 2. The second kappa shape index (κ2) is 9.33. The second-order valence-electron chi connectivity index (χ2n) is 7.50. The number of morpholine rings is 1. The molecular formula is C21H31N3O3. The van der Waals surface area contributed by atoms with Crippen LogP contribution in [0.2, 0.25) is 0 Å². The highest BCUT2D eigenvalue weighted by Crippen LogP contribution is 2.22. The van der Waals surface area contributed by atoms with Gasteiger partial charge in [-0.3, -0.25) is 14.5 Å². The quantitative estimate of drug-likeness (QED) is 0.858. The molecule has 0 atom stereocenters. The smallest absolute Gasteiger partial charge is 0.238 e. The van der Waals surface area contributed by atoms with E-state index >= 15 is 0 Å². The normalized spacial score (nSPS) is 19.1. The topological polar surface area (TPSA) is 61.9 Å². The van der Waals surface area contributed by atoms with Gasteiger partial charge in [0, 0.05) is 24.7 Å². The second-order valence-corrected chi connectivity index (χ2v) is 7.50. The molecule has 3 rings (SSSR count). The lowest BCUT2D eigenvalue weighted by Crippen LogP contribution is -2.47. The highest BCUT2D eigenvalue weighted by molar-refractivity contribution is 5.93. The van der Waals surface area contributed by atoms with Crippen LogP contribution in [0.15, 0.2) is 18.2 Å². The Balaban J connectivity index is 1.48. The van der Waals surface area contributed by atoms with Crippen molar-refractivity contribution in [1.82, 2.24) is 9.80 Å². The summed E-state index contributed by atoms with van der Waals surface area (Å²) in [5.41, 5.74) is 3.21. The van der Waals surface area contributed by atoms with E-state index in [1.165, 1.54) is 0 Å². The van der Waals surface area contributed by atoms with Crippen molar-refractivity contribution in [3.63, 3.8) is 0 Å². The van der Waals surface area contributed by atoms with Crippen molar-refractivity contribution >= 4 is 17.5 Å². The lowest BCUT2D eigenvalue weighted by atomic mass is 9.95. The van der Waals surface area contributed by atoms with Crippen LogP contribution in [0.1, 0.15) is 30.9 Å². The number of anilines is 1. The highest BCUT2D eigenvalue weighted by Gasteiger charge is 2.29. The predicted octanol–water partition coefficient (Wildman–Crippen LogP) is 2.07. The number of carbonyl (C=O) groups excluding carboxylic acids is 2. The predicted molar refractivity (Wildman–Crippen MR) is 106 cm³/mol. The summed E-state index contributed by atoms with van der Waals surface area (Å²) in [6.45, 7) is 8.79. The van der Waals surface area contributed by atoms with Gasteiger partial charge in [0.25, 0.3) is 0 Å². The highest BCUT2D eigenvalue weighted by atomic mass is 16.5. The van der Waals surface area contributed by atoms with E-state index in [2.05, 4.69) is 23.2 Å². The molecule has 0 aromatic heterocycles. The van der Waals surface area contributed by atoms with Crippen LogP contribution in [0.4, 0.5) is 5.69 Å². The Bertz CT molecular complexity index is 663. The van der Waals surface area contributed by atoms with Crippen LogP contribution in [0, 0.1) is 12.8 Å². The van der Waals surface area contributed by atoms with Crippen LogP contribution in [0.25, 0.3) is 0 Å². The average Bonchev–Trinajstić information content (AvgIpc) is 2.70. The summed E-state index contributed by atoms with van der Waals surface area (Å²) in [5.74, 6) is 0.373. The molecule has 0 aliphatic carbocycles. The first kappa shape index (κ1) is 19.8. The lowest BCUT2D eigenvalue weighted by Gasteiger charge is -2.35. The van der Waals surface area contributed by atoms with E-state index in [1.54, 1.807) is 0 Å². The van der Waals surface area contributed by atoms with Crippen LogP contribution in [-0.2, 0) is 20.7 Å². The monoisotopic (exact) mass is 373 g/mol. The zero-order valence-corrected chi connectivity index (χ0v) is 16.5. The Morgan fingerprint density at radius 1 is 1.15 bits per heavy atom. The summed E-state index contributed by atoms with van der Waals surface area (Å²) in [6, 6.07) is 6.11. The van der Waals surface area contributed by atoms with Gasteiger partial charge in [0.2, 0.25) is 11.8 Å². The van der Waals surface area contributed by atoms with Crippen molar-refractivity contribution in [3.05, 3.63) is 29.3 Å². The minimum Gasteiger partial charge on any atom is -0.378 e. The first-order valence-corrected chi connectivity index (χ1v) is 10.1. The van der Waals surface area contributed by atoms with Crippen molar-refractivity contribution in [2.45, 2.75) is 33.1 Å². The molecule has 0 bridgehead atoms. The molecule has 1 aromatic rings. The van der Waals surface area contributed by atoms with E-state index in [0.29, 0.717) is 32.8 Å². The molecule has 0 radical (unpaired) electrons. The van der Waals surface area contributed by atoms with Gasteiger partial charge in [-0.2, -0.15) is 0 Å². The van der Waals surface area contributed by atoms with Gasteiger partial charge in [0.15, 0.2) is 0 Å². The van der Waals surface area contributed by atoms with Gasteiger partial charge in [-0.05, 0) is 50.4 Å². The Labute approximate surface area is 161 Å². The van der Waals surface area contributed by atoms with Crippen molar-refractivity contribution < 1.29 is 14.3 Å². The molecule has 1 aromatic carbocycles. The average molecular weight is 373 g/mol. The van der Waals surface area contributed by atoms with E-state index in [1.807, 2.05) is 24.0 Å². The molecule has 0 unspecified atom stereocenters. The maximum Gasteiger partial charge on any atom is 0.238 e. The molecule has 2 aliphatic rings. The van der Waals surface area contributed by atoms with Crippen LogP contribution in [-0.4, -0.2) is 67.6 Å². The van der Waals surface area contributed by atoms with Gasteiger partial charge >= 0.3 is 0 Å². The summed E-state index contributed by atoms with van der Waals surface area (Å²) < 4.78 is 5.33. The molecule has 0 saturated carbocycles. The summed E-state index contributed by atoms with van der Waals surface area (Å²) >= 11 is 0. The number of amides is 2. The van der Waals surface area contributed by atoms with Gasteiger partial charge in [-0.25, -0.2) is 0 Å². The molecule has 148 valence electrons. The van der Waals surface area contributed by atoms with Crippen LogP contribution < -0.4 is 5.32 Å². The zero-order chi connectivity index (χ0) is 19.2. The molecule has 2 saturated heterocycles. The van der Waals surface area contributed by atoms with Crippen molar-refractivity contribution in [2.75, 3.05) is 51.3 Å². The summed E-state index contributed by atoms with van der Waals surface area (Å²) in [7, 11) is 0. The number of piperidine rings is 1. The van der Waals surface area contributed by atoms with Gasteiger partial charge in [0.1, 0.15) is 0 Å². The van der Waals surface area contributed by atoms with Crippen LogP contribution >= 0.6 is 0 Å². The third-order valence-electron chi connectivity index (χ3n) is 5.63. The fourth-order valence-electron chi connectivity index (χ4n) is 3.96. The molecule has 0 spiro atoms. The summed E-state index contributed by atoms with van der Waals surface area (Å²) in [5, 5.41) is 3.09. The third-order valence-corrected chi connectivity index (χ3v) is 5.63. The first-order chi connectivity index (χ1) is 13.1. The maximum absolute atomic E-state index is 12.6. The third kappa shape index (κ3) is 5.08. The molecule has 2 heterocycles. The van der Waals surface area contributed by atoms with Gasteiger partial charge in [-0.1, -0.05) is 25.1 Å². The number of carbonyl (C=O) groups is 2. The van der Waals surface area contributed by atoms with Gasteiger partial charge in [-0.15, -0.1) is 0 Å². The molecule has 1 N–H and O–H groups in total. The number of hydrogen-bond donors (Lipinski definition) is 1. The number of benzene rings is 1. The zero-order valence-electron chi connectivity index (χ0n) is 16.5. The van der Waals surface area contributed by atoms with E-state index in [9.17, 15) is 9.59 Å². The first-order valence-electron chi connectivity index (χ1n) is 10.1. The van der Waals surface area contributed by atoms with E-state index < -0.39 is 0 Å². The molecule has 27 heavy (non-hydrogen) atoms. The molecule has 6 nitrogen and oxygen atoms in total. The number of ether oxygens (including phenoxy) is 1. The van der Waals surface area contributed by atoms with Crippen molar-refractivity contribution in [1.29, 1.82) is 0 Å². The Morgan fingerprint density at radius 3 is 2.52 bits per heavy atom. The van der Waals surface area contributed by atoms with Crippen LogP contribution in [0.3, 0.4) is 0 Å². The minimum atomic E-state index is 0.0250. The molecular weight excluding hydrogens is 342 g/mol. The number of hydrogen-bond acceptors (Lipinski definition) is 4. The largest absolute Gasteiger partial charge is 0.378 e. The Kier molecular flexibility index (Phi) is 6.85. The maximum atomic E-state index is 12.6. The van der Waals surface area contributed by atoms with Crippen molar-refractivity contribution in [3.8, 4) is 0 Å². The summed E-state index contributed by atoms with van der Waals surface area (Å²) in [4.78, 5) is 29.2. The summed E-state index contributed by atoms with van der Waals surface area (Å²) in [6.07, 6.45) is 2.55. The van der Waals surface area contributed by atoms with E-state index in [0.717, 1.165) is 49.2 Å². The Morgan fingerprint density at radius 2 is 1.85 bits per heavy atom. The fourth-order valence-corrected chi connectivity index (χ4v) is 3.96. The lowest BCUT2D eigenvalue weighted by molar-refractivity contribution is -0.141. The standard InChI is InChI=1S/C21H31N3O3/c1-3-17-6-4-5-16(2)20(17)22-19(25)15-23-9-7-18(8-10-23)21(26)24-11-13-27-14-12-24/h4-6,18H,3,7-15H2,1-2H3,(H,22,25). The minimum absolute atomic E-state index is 0.0250. The molecule has 2 amide bonds. The number of rotatable bonds is 5. The fraction of sp³-hybridized carbons (Fsp3) is 0.619. The number of aryl methyl sites for hydroxylation is 2. The van der Waals surface area contributed by atoms with Gasteiger partial charge in [0.05, 0.1) is 19.8 Å². The molecule has 2 fully saturated rings. The number of nitrogens with one attached hydrogen (secondary N) is 1. The van der Waals surface area contributed by atoms with E-state index in [4.69, 9.17) is 4.74 Å². The van der Waals surface area contributed by atoms with E-state index in [-0.39, 0.29) is 17.7 Å². The van der Waals surface area contributed by atoms with Gasteiger partial charge < -0.3 is 15.0 Å². The SMILES string of the molecule is CCc1cccc(C)c1NC(=O)CN1CCC(C(=O)N2CCOCC2)CC1. The Hall–Kier alpha value is -1.92. The number of likely N-dealkylation sites (tertiary alicyclic amines) is 1. The molecule has 6 heteroatoms. The number of para-hydroxylation sites is 1.